The van der Waals surface area contributed by atoms with E-state index in [1.54, 1.807) is 17.0 Å². The summed E-state index contributed by atoms with van der Waals surface area (Å²) in [5.74, 6) is -0.673. The molecule has 2 amide bonds. The minimum absolute atomic E-state index is 0.141. The molecule has 0 aliphatic carbocycles. The van der Waals surface area contributed by atoms with Crippen LogP contribution in [0.1, 0.15) is 38.7 Å². The third-order valence-corrected chi connectivity index (χ3v) is 6.33. The fraction of sp³-hybridized carbons (Fsp3) is 0.579. The quantitative estimate of drug-likeness (QED) is 0.727. The third-order valence-electron chi connectivity index (χ3n) is 4.84. The topological polar surface area (TPSA) is 110 Å². The van der Waals surface area contributed by atoms with E-state index in [1.807, 2.05) is 20.8 Å². The number of nitrogens with zero attached hydrogens (tertiary/aromatic N) is 1. The summed E-state index contributed by atoms with van der Waals surface area (Å²) >= 11 is 0. The van der Waals surface area contributed by atoms with Gasteiger partial charge in [0.15, 0.2) is 0 Å². The van der Waals surface area contributed by atoms with E-state index in [-0.39, 0.29) is 28.5 Å². The maximum atomic E-state index is 13.0. The number of rotatable bonds is 7. The van der Waals surface area contributed by atoms with Crippen molar-refractivity contribution in [1.29, 1.82) is 0 Å². The Morgan fingerprint density at radius 3 is 2.22 bits per heavy atom. The van der Waals surface area contributed by atoms with Crippen LogP contribution in [0.25, 0.3) is 0 Å². The summed E-state index contributed by atoms with van der Waals surface area (Å²) < 4.78 is 28.0. The molecule has 2 rings (SSSR count). The van der Waals surface area contributed by atoms with E-state index in [2.05, 4.69) is 4.72 Å². The van der Waals surface area contributed by atoms with E-state index >= 15 is 0 Å². The minimum atomic E-state index is -3.80. The van der Waals surface area contributed by atoms with Crippen LogP contribution in [-0.4, -0.2) is 44.3 Å². The summed E-state index contributed by atoms with van der Waals surface area (Å²) in [4.78, 5) is 26.0. The number of nitrogens with two attached hydrogens (primary N) is 1. The first-order valence-corrected chi connectivity index (χ1v) is 10.8. The van der Waals surface area contributed by atoms with Crippen LogP contribution in [0.2, 0.25) is 0 Å². The lowest BCUT2D eigenvalue weighted by atomic mass is 9.95. The number of sulfonamides is 1. The van der Waals surface area contributed by atoms with Gasteiger partial charge in [0.2, 0.25) is 21.8 Å². The second-order valence-corrected chi connectivity index (χ2v) is 9.33. The molecular weight excluding hydrogens is 366 g/mol. The number of hydrogen-bond acceptors (Lipinski definition) is 4. The molecule has 0 radical (unpaired) electrons. The number of hydrogen-bond donors (Lipinski definition) is 2. The molecule has 27 heavy (non-hydrogen) atoms. The number of likely N-dealkylation sites (tertiary alicyclic amines) is 1. The zero-order valence-corrected chi connectivity index (χ0v) is 17.0. The second-order valence-electron chi connectivity index (χ2n) is 7.62. The van der Waals surface area contributed by atoms with Gasteiger partial charge in [-0.15, -0.1) is 0 Å². The lowest BCUT2D eigenvalue weighted by Gasteiger charge is -2.33. The Balaban J connectivity index is 2.13. The molecule has 0 aromatic heterocycles. The Hall–Kier alpha value is -1.93. The first kappa shape index (κ1) is 21.4. The maximum absolute atomic E-state index is 13.0. The Bertz CT molecular complexity index is 767. The highest BCUT2D eigenvalue weighted by Gasteiger charge is 2.33. The Kier molecular flexibility index (Phi) is 7.00. The molecule has 1 unspecified atom stereocenters. The van der Waals surface area contributed by atoms with Crippen LogP contribution in [0, 0.1) is 18.8 Å². The van der Waals surface area contributed by atoms with Gasteiger partial charge in [-0.3, -0.25) is 9.59 Å². The number of piperidine rings is 1. The van der Waals surface area contributed by atoms with Crippen LogP contribution in [0.15, 0.2) is 29.2 Å². The molecule has 0 spiro atoms. The molecule has 1 atom stereocenters. The summed E-state index contributed by atoms with van der Waals surface area (Å²) in [7, 11) is -3.80. The lowest BCUT2D eigenvalue weighted by Crippen LogP contribution is -2.51. The number of nitrogens with one attached hydrogen (secondary N) is 1. The van der Waals surface area contributed by atoms with Crippen molar-refractivity contribution in [1.82, 2.24) is 9.62 Å². The van der Waals surface area contributed by atoms with E-state index in [0.29, 0.717) is 32.4 Å². The maximum Gasteiger partial charge on any atom is 0.241 e. The van der Waals surface area contributed by atoms with Gasteiger partial charge >= 0.3 is 0 Å². The van der Waals surface area contributed by atoms with E-state index in [0.717, 1.165) is 5.56 Å². The standard InChI is InChI=1S/C19H29N3O4S/c1-13(2)12-17(19(24)22-10-8-15(9-11-22)18(20)23)21-27(25,26)16-6-4-14(3)5-7-16/h4-7,13,15,17,21H,8-12H2,1-3H3,(H2,20,23). The minimum Gasteiger partial charge on any atom is -0.369 e. The van der Waals surface area contributed by atoms with Crippen LogP contribution in [0.3, 0.4) is 0 Å². The molecular formula is C19H29N3O4S. The Labute approximate surface area is 161 Å². The zero-order valence-electron chi connectivity index (χ0n) is 16.1. The Morgan fingerprint density at radius 1 is 1.19 bits per heavy atom. The third kappa shape index (κ3) is 5.77. The van der Waals surface area contributed by atoms with E-state index in [9.17, 15) is 18.0 Å². The van der Waals surface area contributed by atoms with Gasteiger partial charge in [0.05, 0.1) is 4.90 Å². The second kappa shape index (κ2) is 8.84. The van der Waals surface area contributed by atoms with Crippen molar-refractivity contribution in [3.8, 4) is 0 Å². The summed E-state index contributed by atoms with van der Waals surface area (Å²) in [6.07, 6.45) is 1.43. The van der Waals surface area contributed by atoms with Crippen LogP contribution >= 0.6 is 0 Å². The van der Waals surface area contributed by atoms with Gasteiger partial charge in [-0.2, -0.15) is 4.72 Å². The number of amides is 2. The van der Waals surface area contributed by atoms with E-state index in [4.69, 9.17) is 5.73 Å². The SMILES string of the molecule is Cc1ccc(S(=O)(=O)NC(CC(C)C)C(=O)N2CCC(C(N)=O)CC2)cc1. The molecule has 7 nitrogen and oxygen atoms in total. The number of aryl methyl sites for hydroxylation is 1. The van der Waals surface area contributed by atoms with Crippen molar-refractivity contribution in [3.05, 3.63) is 29.8 Å². The molecule has 1 aromatic carbocycles. The van der Waals surface area contributed by atoms with Crippen molar-refractivity contribution in [2.75, 3.05) is 13.1 Å². The van der Waals surface area contributed by atoms with Crippen LogP contribution < -0.4 is 10.5 Å². The smallest absolute Gasteiger partial charge is 0.241 e. The van der Waals surface area contributed by atoms with Gasteiger partial charge in [-0.05, 0) is 44.2 Å². The average Bonchev–Trinajstić information content (AvgIpc) is 2.60. The fourth-order valence-electron chi connectivity index (χ4n) is 3.25. The Morgan fingerprint density at radius 2 is 1.74 bits per heavy atom. The number of primary amides is 1. The van der Waals surface area contributed by atoms with Crippen LogP contribution in [0.5, 0.6) is 0 Å². The molecule has 0 saturated carbocycles. The van der Waals surface area contributed by atoms with Crippen molar-refractivity contribution >= 4 is 21.8 Å². The predicted octanol–water partition coefficient (Wildman–Crippen LogP) is 1.41. The number of benzene rings is 1. The zero-order chi connectivity index (χ0) is 20.2. The van der Waals surface area contributed by atoms with Gasteiger partial charge in [0, 0.05) is 19.0 Å². The highest BCUT2D eigenvalue weighted by Crippen LogP contribution is 2.20. The molecule has 1 aliphatic rings. The molecule has 1 aliphatic heterocycles. The van der Waals surface area contributed by atoms with Crippen LogP contribution in [-0.2, 0) is 19.6 Å². The van der Waals surface area contributed by atoms with Crippen molar-refractivity contribution < 1.29 is 18.0 Å². The summed E-state index contributed by atoms with van der Waals surface area (Å²) in [5, 5.41) is 0. The molecule has 1 fully saturated rings. The van der Waals surface area contributed by atoms with Crippen molar-refractivity contribution in [3.63, 3.8) is 0 Å². The average molecular weight is 396 g/mol. The summed E-state index contributed by atoms with van der Waals surface area (Å²) in [6.45, 7) is 6.59. The molecule has 8 heteroatoms. The monoisotopic (exact) mass is 395 g/mol. The molecule has 0 bridgehead atoms. The van der Waals surface area contributed by atoms with Gasteiger partial charge in [-0.25, -0.2) is 8.42 Å². The van der Waals surface area contributed by atoms with Crippen molar-refractivity contribution in [2.24, 2.45) is 17.6 Å². The number of carbonyl (C=O) groups excluding carboxylic acids is 2. The molecule has 3 N–H and O–H groups in total. The normalized spacial score (nSPS) is 17.1. The number of carbonyl (C=O) groups is 2. The van der Waals surface area contributed by atoms with E-state index in [1.165, 1.54) is 12.1 Å². The molecule has 1 heterocycles. The first-order valence-electron chi connectivity index (χ1n) is 9.27. The van der Waals surface area contributed by atoms with Gasteiger partial charge in [0.1, 0.15) is 6.04 Å². The van der Waals surface area contributed by atoms with Crippen molar-refractivity contribution in [2.45, 2.75) is 51.0 Å². The predicted molar refractivity (Wildman–Crippen MR) is 103 cm³/mol. The largest absolute Gasteiger partial charge is 0.369 e. The van der Waals surface area contributed by atoms with Crippen LogP contribution in [0.4, 0.5) is 0 Å². The molecule has 1 aromatic rings. The summed E-state index contributed by atoms with van der Waals surface area (Å²) in [6, 6.07) is 5.69. The summed E-state index contributed by atoms with van der Waals surface area (Å²) in [5.41, 5.74) is 6.30. The van der Waals surface area contributed by atoms with Gasteiger partial charge in [0.25, 0.3) is 0 Å². The first-order chi connectivity index (χ1) is 12.6. The highest BCUT2D eigenvalue weighted by molar-refractivity contribution is 7.89. The van der Waals surface area contributed by atoms with Gasteiger partial charge < -0.3 is 10.6 Å². The van der Waals surface area contributed by atoms with Gasteiger partial charge in [-0.1, -0.05) is 31.5 Å². The van der Waals surface area contributed by atoms with E-state index < -0.39 is 16.1 Å². The highest BCUT2D eigenvalue weighted by atomic mass is 32.2. The lowest BCUT2D eigenvalue weighted by molar-refractivity contribution is -0.136. The molecule has 1 saturated heterocycles. The molecule has 150 valence electrons. The fourth-order valence-corrected chi connectivity index (χ4v) is 4.45.